The van der Waals surface area contributed by atoms with Crippen LogP contribution in [0.1, 0.15) is 32.6 Å². The van der Waals surface area contributed by atoms with Crippen LogP contribution in [0.15, 0.2) is 24.3 Å². The highest BCUT2D eigenvalue weighted by molar-refractivity contribution is 5.39. The van der Waals surface area contributed by atoms with E-state index in [2.05, 4.69) is 0 Å². The number of nitrogens with two attached hydrogens (primary N) is 1. The molecule has 1 aliphatic carbocycles. The average molecular weight is 235 g/mol. The molecule has 94 valence electrons. The molecule has 1 aromatic rings. The van der Waals surface area contributed by atoms with Crippen molar-refractivity contribution in [3.05, 3.63) is 24.3 Å². The van der Waals surface area contributed by atoms with Gasteiger partial charge in [0.1, 0.15) is 0 Å². The van der Waals surface area contributed by atoms with E-state index in [0.717, 1.165) is 37.2 Å². The zero-order valence-corrected chi connectivity index (χ0v) is 10.4. The molecule has 0 bridgehead atoms. The van der Waals surface area contributed by atoms with Gasteiger partial charge in [0.25, 0.3) is 0 Å². The van der Waals surface area contributed by atoms with Crippen molar-refractivity contribution in [2.24, 2.45) is 5.73 Å². The molecule has 0 unspecified atom stereocenters. The fraction of sp³-hybridized carbons (Fsp3) is 0.571. The summed E-state index contributed by atoms with van der Waals surface area (Å²) in [4.78, 5) is 0. The lowest BCUT2D eigenvalue weighted by atomic mass is 9.94. The molecule has 1 aliphatic rings. The minimum Gasteiger partial charge on any atom is -0.490 e. The van der Waals surface area contributed by atoms with Crippen molar-refractivity contribution < 1.29 is 9.47 Å². The normalized spacial score (nSPS) is 24.4. The van der Waals surface area contributed by atoms with Crippen LogP contribution >= 0.6 is 0 Å². The average Bonchev–Trinajstić information content (AvgIpc) is 2.35. The van der Waals surface area contributed by atoms with Gasteiger partial charge in [-0.15, -0.1) is 0 Å². The number of hydrogen-bond acceptors (Lipinski definition) is 3. The molecule has 0 radical (unpaired) electrons. The van der Waals surface area contributed by atoms with Gasteiger partial charge in [-0.25, -0.2) is 0 Å². The highest BCUT2D eigenvalue weighted by atomic mass is 16.5. The predicted molar refractivity (Wildman–Crippen MR) is 68.5 cm³/mol. The molecule has 2 N–H and O–H groups in total. The molecular weight excluding hydrogens is 214 g/mol. The topological polar surface area (TPSA) is 44.5 Å². The molecule has 0 atom stereocenters. The second kappa shape index (κ2) is 5.92. The van der Waals surface area contributed by atoms with E-state index in [1.807, 2.05) is 31.2 Å². The van der Waals surface area contributed by atoms with Gasteiger partial charge in [0, 0.05) is 6.04 Å². The van der Waals surface area contributed by atoms with Gasteiger partial charge in [-0.05, 0) is 44.7 Å². The van der Waals surface area contributed by atoms with E-state index in [1.165, 1.54) is 0 Å². The predicted octanol–water partition coefficient (Wildman–Crippen LogP) is 2.73. The van der Waals surface area contributed by atoms with Crippen molar-refractivity contribution in [1.82, 2.24) is 0 Å². The Morgan fingerprint density at radius 3 is 2.41 bits per heavy atom. The lowest BCUT2D eigenvalue weighted by Gasteiger charge is -2.27. The van der Waals surface area contributed by atoms with Crippen LogP contribution < -0.4 is 15.2 Å². The fourth-order valence-corrected chi connectivity index (χ4v) is 2.21. The summed E-state index contributed by atoms with van der Waals surface area (Å²) in [6.07, 6.45) is 4.49. The third-order valence-electron chi connectivity index (χ3n) is 3.16. The monoisotopic (exact) mass is 235 g/mol. The van der Waals surface area contributed by atoms with E-state index in [1.54, 1.807) is 0 Å². The van der Waals surface area contributed by atoms with Crippen LogP contribution in [-0.4, -0.2) is 18.8 Å². The Hall–Kier alpha value is -1.22. The number of hydrogen-bond donors (Lipinski definition) is 1. The number of para-hydroxylation sites is 2. The first-order valence-corrected chi connectivity index (χ1v) is 6.43. The van der Waals surface area contributed by atoms with Crippen LogP contribution in [0.3, 0.4) is 0 Å². The first kappa shape index (κ1) is 12.2. The van der Waals surface area contributed by atoms with E-state index in [9.17, 15) is 0 Å². The Bertz CT molecular complexity index is 346. The van der Waals surface area contributed by atoms with Crippen LogP contribution in [0.4, 0.5) is 0 Å². The lowest BCUT2D eigenvalue weighted by molar-refractivity contribution is 0.140. The minimum absolute atomic E-state index is 0.288. The maximum absolute atomic E-state index is 6.01. The molecule has 1 fully saturated rings. The van der Waals surface area contributed by atoms with Crippen molar-refractivity contribution in [2.45, 2.75) is 44.8 Å². The number of ether oxygens (including phenoxy) is 2. The van der Waals surface area contributed by atoms with Crippen molar-refractivity contribution in [3.8, 4) is 11.5 Å². The highest BCUT2D eigenvalue weighted by Crippen LogP contribution is 2.30. The van der Waals surface area contributed by atoms with Crippen LogP contribution in [0.25, 0.3) is 0 Å². The molecule has 1 aromatic carbocycles. The molecule has 0 aliphatic heterocycles. The summed E-state index contributed by atoms with van der Waals surface area (Å²) in [6.45, 7) is 2.65. The van der Waals surface area contributed by atoms with Crippen LogP contribution in [-0.2, 0) is 0 Å². The van der Waals surface area contributed by atoms with Crippen LogP contribution in [0.2, 0.25) is 0 Å². The summed E-state index contributed by atoms with van der Waals surface area (Å²) in [7, 11) is 0. The van der Waals surface area contributed by atoms with Crippen molar-refractivity contribution in [3.63, 3.8) is 0 Å². The Balaban J connectivity index is 1.98. The first-order valence-electron chi connectivity index (χ1n) is 6.43. The Morgan fingerprint density at radius 2 is 1.76 bits per heavy atom. The number of rotatable bonds is 4. The van der Waals surface area contributed by atoms with Gasteiger partial charge in [0.15, 0.2) is 11.5 Å². The first-order chi connectivity index (χ1) is 8.29. The van der Waals surface area contributed by atoms with Gasteiger partial charge in [-0.3, -0.25) is 0 Å². The molecule has 3 heteroatoms. The molecular formula is C14H21NO2. The van der Waals surface area contributed by atoms with Crippen LogP contribution in [0, 0.1) is 0 Å². The summed E-state index contributed by atoms with van der Waals surface area (Å²) in [5, 5.41) is 0. The van der Waals surface area contributed by atoms with Crippen molar-refractivity contribution in [1.29, 1.82) is 0 Å². The van der Waals surface area contributed by atoms with Gasteiger partial charge < -0.3 is 15.2 Å². The fourth-order valence-electron chi connectivity index (χ4n) is 2.21. The third kappa shape index (κ3) is 3.37. The Labute approximate surface area is 103 Å². The molecule has 1 saturated carbocycles. The molecule has 0 spiro atoms. The zero-order chi connectivity index (χ0) is 12.1. The van der Waals surface area contributed by atoms with E-state index in [-0.39, 0.29) is 6.10 Å². The van der Waals surface area contributed by atoms with Gasteiger partial charge >= 0.3 is 0 Å². The van der Waals surface area contributed by atoms with E-state index < -0.39 is 0 Å². The van der Waals surface area contributed by atoms with Crippen molar-refractivity contribution in [2.75, 3.05) is 6.61 Å². The standard InChI is InChI=1S/C14H21NO2/c1-2-16-13-5-3-4-6-14(13)17-12-9-7-11(15)8-10-12/h3-6,11-12H,2,7-10,15H2,1H3. The summed E-state index contributed by atoms with van der Waals surface area (Å²) in [5.74, 6) is 1.69. The summed E-state index contributed by atoms with van der Waals surface area (Å²) < 4.78 is 11.6. The van der Waals surface area contributed by atoms with Gasteiger partial charge in [-0.2, -0.15) is 0 Å². The second-order valence-corrected chi connectivity index (χ2v) is 4.53. The highest BCUT2D eigenvalue weighted by Gasteiger charge is 2.20. The largest absolute Gasteiger partial charge is 0.490 e. The van der Waals surface area contributed by atoms with Crippen LogP contribution in [0.5, 0.6) is 11.5 Å². The van der Waals surface area contributed by atoms with E-state index in [0.29, 0.717) is 12.6 Å². The molecule has 0 amide bonds. The molecule has 2 rings (SSSR count). The van der Waals surface area contributed by atoms with Gasteiger partial charge in [0.05, 0.1) is 12.7 Å². The Morgan fingerprint density at radius 1 is 1.12 bits per heavy atom. The third-order valence-corrected chi connectivity index (χ3v) is 3.16. The summed E-state index contributed by atoms with van der Waals surface area (Å²) >= 11 is 0. The van der Waals surface area contributed by atoms with Gasteiger partial charge in [-0.1, -0.05) is 12.1 Å². The maximum Gasteiger partial charge on any atom is 0.161 e. The molecule has 0 heterocycles. The SMILES string of the molecule is CCOc1ccccc1OC1CCC(N)CC1. The Kier molecular flexibility index (Phi) is 4.26. The summed E-state index contributed by atoms with van der Waals surface area (Å²) in [5.41, 5.74) is 5.89. The number of benzene rings is 1. The molecule has 0 saturated heterocycles. The lowest BCUT2D eigenvalue weighted by Crippen LogP contribution is -2.31. The minimum atomic E-state index is 0.288. The van der Waals surface area contributed by atoms with E-state index in [4.69, 9.17) is 15.2 Å². The quantitative estimate of drug-likeness (QED) is 0.872. The smallest absolute Gasteiger partial charge is 0.161 e. The second-order valence-electron chi connectivity index (χ2n) is 4.53. The van der Waals surface area contributed by atoms with Crippen molar-refractivity contribution >= 4 is 0 Å². The maximum atomic E-state index is 6.01. The summed E-state index contributed by atoms with van der Waals surface area (Å²) in [6, 6.07) is 8.23. The molecule has 17 heavy (non-hydrogen) atoms. The molecule has 0 aromatic heterocycles. The van der Waals surface area contributed by atoms with Gasteiger partial charge in [0.2, 0.25) is 0 Å². The molecule has 3 nitrogen and oxygen atoms in total. The zero-order valence-electron chi connectivity index (χ0n) is 10.4. The van der Waals surface area contributed by atoms with E-state index >= 15 is 0 Å².